The number of hydrogen-bond acceptors (Lipinski definition) is 2. The molecule has 0 saturated carbocycles. The van der Waals surface area contributed by atoms with E-state index in [2.05, 4.69) is 35.1 Å². The molecule has 1 amide bonds. The van der Waals surface area contributed by atoms with Gasteiger partial charge >= 0.3 is 0 Å². The molecule has 0 aliphatic heterocycles. The SMILES string of the molecule is CCOCC(NC(=O)c1cc(Cl)ccc1Br)C(C)C. The van der Waals surface area contributed by atoms with Crippen LogP contribution in [0, 0.1) is 5.92 Å². The first-order valence-electron chi connectivity index (χ1n) is 6.29. The summed E-state index contributed by atoms with van der Waals surface area (Å²) in [5.74, 6) is 0.154. The third-order valence-corrected chi connectivity index (χ3v) is 3.72. The van der Waals surface area contributed by atoms with Gasteiger partial charge in [-0.1, -0.05) is 25.4 Å². The summed E-state index contributed by atoms with van der Waals surface area (Å²) < 4.78 is 6.13. The number of carbonyl (C=O) groups excluding carboxylic acids is 1. The van der Waals surface area contributed by atoms with Crippen LogP contribution < -0.4 is 5.32 Å². The minimum absolute atomic E-state index is 0.0154. The number of benzene rings is 1. The fourth-order valence-corrected chi connectivity index (χ4v) is 2.16. The smallest absolute Gasteiger partial charge is 0.252 e. The number of ether oxygens (including phenoxy) is 1. The molecule has 106 valence electrons. The molecule has 0 spiro atoms. The first-order chi connectivity index (χ1) is 8.95. The molecule has 1 unspecified atom stereocenters. The van der Waals surface area contributed by atoms with Crippen molar-refractivity contribution in [1.29, 1.82) is 0 Å². The second kappa shape index (κ2) is 7.88. The van der Waals surface area contributed by atoms with Crippen molar-refractivity contribution in [2.24, 2.45) is 5.92 Å². The van der Waals surface area contributed by atoms with E-state index in [1.165, 1.54) is 0 Å². The molecule has 5 heteroatoms. The topological polar surface area (TPSA) is 38.3 Å². The van der Waals surface area contributed by atoms with E-state index >= 15 is 0 Å². The number of rotatable bonds is 6. The quantitative estimate of drug-likeness (QED) is 0.847. The molecule has 0 bridgehead atoms. The molecule has 0 aromatic heterocycles. The molecule has 0 fully saturated rings. The number of nitrogens with one attached hydrogen (secondary N) is 1. The fourth-order valence-electron chi connectivity index (χ4n) is 1.56. The summed E-state index contributed by atoms with van der Waals surface area (Å²) in [6, 6.07) is 5.14. The minimum Gasteiger partial charge on any atom is -0.380 e. The van der Waals surface area contributed by atoms with Crippen LogP contribution in [0.1, 0.15) is 31.1 Å². The number of halogens is 2. The van der Waals surface area contributed by atoms with Gasteiger partial charge in [-0.05, 0) is 47.0 Å². The maximum atomic E-state index is 12.2. The van der Waals surface area contributed by atoms with Crippen LogP contribution in [0.4, 0.5) is 0 Å². The minimum atomic E-state index is -0.146. The van der Waals surface area contributed by atoms with Crippen LogP contribution in [0.3, 0.4) is 0 Å². The Morgan fingerprint density at radius 3 is 2.74 bits per heavy atom. The van der Waals surface area contributed by atoms with E-state index < -0.39 is 0 Å². The van der Waals surface area contributed by atoms with Crippen molar-refractivity contribution in [3.05, 3.63) is 33.3 Å². The summed E-state index contributed by atoms with van der Waals surface area (Å²) in [5.41, 5.74) is 0.537. The van der Waals surface area contributed by atoms with Gasteiger partial charge in [0, 0.05) is 16.1 Å². The maximum Gasteiger partial charge on any atom is 0.252 e. The van der Waals surface area contributed by atoms with Crippen LogP contribution in [0.2, 0.25) is 5.02 Å². The van der Waals surface area contributed by atoms with Gasteiger partial charge in [-0.25, -0.2) is 0 Å². The Kier molecular flexibility index (Phi) is 6.83. The van der Waals surface area contributed by atoms with Crippen LogP contribution in [0.15, 0.2) is 22.7 Å². The van der Waals surface area contributed by atoms with Gasteiger partial charge in [0.25, 0.3) is 5.91 Å². The Morgan fingerprint density at radius 1 is 1.47 bits per heavy atom. The van der Waals surface area contributed by atoms with Crippen molar-refractivity contribution >= 4 is 33.4 Å². The van der Waals surface area contributed by atoms with Gasteiger partial charge in [-0.15, -0.1) is 0 Å². The average molecular weight is 349 g/mol. The van der Waals surface area contributed by atoms with E-state index in [-0.39, 0.29) is 11.9 Å². The van der Waals surface area contributed by atoms with E-state index in [1.54, 1.807) is 18.2 Å². The molecule has 0 saturated heterocycles. The van der Waals surface area contributed by atoms with Crippen molar-refractivity contribution < 1.29 is 9.53 Å². The number of carbonyl (C=O) groups is 1. The zero-order valence-corrected chi connectivity index (χ0v) is 13.7. The molecular formula is C14H19BrClNO2. The second-order valence-corrected chi connectivity index (χ2v) is 5.90. The highest BCUT2D eigenvalue weighted by Crippen LogP contribution is 2.21. The molecule has 1 atom stereocenters. The van der Waals surface area contributed by atoms with E-state index in [0.717, 1.165) is 4.47 Å². The van der Waals surface area contributed by atoms with Crippen LogP contribution in [-0.4, -0.2) is 25.2 Å². The van der Waals surface area contributed by atoms with Gasteiger partial charge in [0.15, 0.2) is 0 Å². The number of hydrogen-bond donors (Lipinski definition) is 1. The summed E-state index contributed by atoms with van der Waals surface area (Å²) >= 11 is 9.28. The summed E-state index contributed by atoms with van der Waals surface area (Å²) in [6.07, 6.45) is 0. The Morgan fingerprint density at radius 2 is 2.16 bits per heavy atom. The predicted molar refractivity (Wildman–Crippen MR) is 81.7 cm³/mol. The lowest BCUT2D eigenvalue weighted by atomic mass is 10.0. The molecule has 0 heterocycles. The lowest BCUT2D eigenvalue weighted by Gasteiger charge is -2.22. The van der Waals surface area contributed by atoms with Crippen molar-refractivity contribution in [1.82, 2.24) is 5.32 Å². The monoisotopic (exact) mass is 347 g/mol. The van der Waals surface area contributed by atoms with Gasteiger partial charge in [-0.3, -0.25) is 4.79 Å². The van der Waals surface area contributed by atoms with E-state index in [4.69, 9.17) is 16.3 Å². The van der Waals surface area contributed by atoms with Crippen LogP contribution in [0.5, 0.6) is 0 Å². The maximum absolute atomic E-state index is 12.2. The summed E-state index contributed by atoms with van der Waals surface area (Å²) in [6.45, 7) is 7.19. The van der Waals surface area contributed by atoms with Crippen molar-refractivity contribution in [3.63, 3.8) is 0 Å². The number of amides is 1. The molecule has 19 heavy (non-hydrogen) atoms. The molecule has 1 rings (SSSR count). The van der Waals surface area contributed by atoms with Crippen molar-refractivity contribution in [3.8, 4) is 0 Å². The third-order valence-electron chi connectivity index (χ3n) is 2.80. The average Bonchev–Trinajstić information content (AvgIpc) is 2.36. The summed E-state index contributed by atoms with van der Waals surface area (Å²) in [5, 5.41) is 3.52. The van der Waals surface area contributed by atoms with Crippen molar-refractivity contribution in [2.75, 3.05) is 13.2 Å². The molecule has 1 N–H and O–H groups in total. The van der Waals surface area contributed by atoms with Gasteiger partial charge in [0.05, 0.1) is 18.2 Å². The largest absolute Gasteiger partial charge is 0.380 e. The highest BCUT2D eigenvalue weighted by Gasteiger charge is 2.19. The first kappa shape index (κ1) is 16.5. The molecule has 0 radical (unpaired) electrons. The van der Waals surface area contributed by atoms with Gasteiger partial charge in [0.1, 0.15) is 0 Å². The molecule has 0 aliphatic carbocycles. The first-order valence-corrected chi connectivity index (χ1v) is 7.46. The summed E-state index contributed by atoms with van der Waals surface area (Å²) in [7, 11) is 0. The Bertz CT molecular complexity index is 437. The van der Waals surface area contributed by atoms with Crippen molar-refractivity contribution in [2.45, 2.75) is 26.8 Å². The third kappa shape index (κ3) is 5.13. The van der Waals surface area contributed by atoms with Crippen LogP contribution >= 0.6 is 27.5 Å². The Labute approximate surface area is 127 Å². The normalized spacial score (nSPS) is 12.5. The van der Waals surface area contributed by atoms with E-state index in [0.29, 0.717) is 29.7 Å². The zero-order valence-electron chi connectivity index (χ0n) is 11.4. The van der Waals surface area contributed by atoms with E-state index in [9.17, 15) is 4.79 Å². The van der Waals surface area contributed by atoms with Crippen LogP contribution in [0.25, 0.3) is 0 Å². The second-order valence-electron chi connectivity index (χ2n) is 4.61. The molecule has 3 nitrogen and oxygen atoms in total. The fraction of sp³-hybridized carbons (Fsp3) is 0.500. The summed E-state index contributed by atoms with van der Waals surface area (Å²) in [4.78, 5) is 12.2. The van der Waals surface area contributed by atoms with Gasteiger partial charge in [-0.2, -0.15) is 0 Å². The molecule has 1 aromatic carbocycles. The van der Waals surface area contributed by atoms with Gasteiger partial charge < -0.3 is 10.1 Å². The lowest BCUT2D eigenvalue weighted by molar-refractivity contribution is 0.0805. The lowest BCUT2D eigenvalue weighted by Crippen LogP contribution is -2.42. The standard InChI is InChI=1S/C14H19BrClNO2/c1-4-19-8-13(9(2)3)17-14(18)11-7-10(16)5-6-12(11)15/h5-7,9,13H,4,8H2,1-3H3,(H,17,18). The highest BCUT2D eigenvalue weighted by molar-refractivity contribution is 9.10. The highest BCUT2D eigenvalue weighted by atomic mass is 79.9. The molecule has 1 aromatic rings. The van der Waals surface area contributed by atoms with Gasteiger partial charge in [0.2, 0.25) is 0 Å². The molecule has 0 aliphatic rings. The van der Waals surface area contributed by atoms with E-state index in [1.807, 2.05) is 6.92 Å². The zero-order chi connectivity index (χ0) is 14.4. The predicted octanol–water partition coefficient (Wildman–Crippen LogP) is 3.89. The van der Waals surface area contributed by atoms with Crippen LogP contribution in [-0.2, 0) is 4.74 Å². The Hall–Kier alpha value is -0.580. The molecular weight excluding hydrogens is 330 g/mol. The Balaban J connectivity index is 2.78.